The zero-order valence-corrected chi connectivity index (χ0v) is 11.3. The van der Waals surface area contributed by atoms with Crippen molar-refractivity contribution in [2.24, 2.45) is 5.73 Å². The normalized spacial score (nSPS) is 13.4. The van der Waals surface area contributed by atoms with Crippen LogP contribution in [0.5, 0.6) is 0 Å². The average Bonchev–Trinajstić information content (AvgIpc) is 2.37. The van der Waals surface area contributed by atoms with E-state index in [1.807, 2.05) is 30.3 Å². The van der Waals surface area contributed by atoms with Crippen LogP contribution in [-0.4, -0.2) is 34.4 Å². The molecule has 0 aromatic heterocycles. The minimum atomic E-state index is -3.25. The summed E-state index contributed by atoms with van der Waals surface area (Å²) in [5, 5.41) is 0. The molecule has 0 spiro atoms. The fourth-order valence-electron chi connectivity index (χ4n) is 1.50. The van der Waals surface area contributed by atoms with Gasteiger partial charge >= 0.3 is 0 Å². The van der Waals surface area contributed by atoms with Crippen LogP contribution in [0.3, 0.4) is 0 Å². The fourth-order valence-corrected chi connectivity index (χ4v) is 2.46. The first-order valence-electron chi connectivity index (χ1n) is 5.82. The van der Waals surface area contributed by atoms with Crippen LogP contribution in [0.2, 0.25) is 0 Å². The van der Waals surface area contributed by atoms with Gasteiger partial charge in [0.05, 0.1) is 12.4 Å². The molecule has 1 aromatic carbocycles. The van der Waals surface area contributed by atoms with E-state index in [4.69, 9.17) is 10.5 Å². The minimum Gasteiger partial charge on any atom is -0.384 e. The molecule has 3 N–H and O–H groups in total. The number of hydrogen-bond acceptors (Lipinski definition) is 4. The molecule has 0 fully saturated rings. The second-order valence-electron chi connectivity index (χ2n) is 4.01. The van der Waals surface area contributed by atoms with Gasteiger partial charge in [-0.25, -0.2) is 13.1 Å². The number of ether oxygens (including phenoxy) is 1. The summed E-state index contributed by atoms with van der Waals surface area (Å²) >= 11 is 0. The second kappa shape index (κ2) is 7.48. The van der Waals surface area contributed by atoms with E-state index in [0.29, 0.717) is 13.0 Å². The van der Waals surface area contributed by atoms with Crippen molar-refractivity contribution in [1.82, 2.24) is 4.72 Å². The molecule has 18 heavy (non-hydrogen) atoms. The molecule has 0 aliphatic heterocycles. The lowest BCUT2D eigenvalue weighted by Gasteiger charge is -2.12. The number of methoxy groups -OCH3 is 1. The van der Waals surface area contributed by atoms with Crippen molar-refractivity contribution >= 4 is 10.0 Å². The number of benzene rings is 1. The summed E-state index contributed by atoms with van der Waals surface area (Å²) < 4.78 is 30.2. The van der Waals surface area contributed by atoms with E-state index in [9.17, 15) is 8.42 Å². The van der Waals surface area contributed by atoms with Gasteiger partial charge in [-0.1, -0.05) is 30.3 Å². The molecule has 0 saturated heterocycles. The fraction of sp³-hybridized carbons (Fsp3) is 0.500. The molecule has 0 aliphatic carbocycles. The van der Waals surface area contributed by atoms with Crippen LogP contribution in [0.25, 0.3) is 0 Å². The topological polar surface area (TPSA) is 81.4 Å². The number of nitrogens with one attached hydrogen (secondary N) is 1. The molecular formula is C12H20N2O3S. The Bertz CT molecular complexity index is 434. The summed E-state index contributed by atoms with van der Waals surface area (Å²) in [7, 11) is -1.78. The molecule has 5 nitrogen and oxygen atoms in total. The molecule has 0 bridgehead atoms. The van der Waals surface area contributed by atoms with Crippen molar-refractivity contribution < 1.29 is 13.2 Å². The predicted octanol–water partition coefficient (Wildman–Crippen LogP) is 0.642. The maximum Gasteiger partial charge on any atom is 0.213 e. The van der Waals surface area contributed by atoms with Gasteiger partial charge in [0.15, 0.2) is 0 Å². The van der Waals surface area contributed by atoms with Gasteiger partial charge in [-0.15, -0.1) is 0 Å². The van der Waals surface area contributed by atoms with Crippen molar-refractivity contribution in [3.8, 4) is 0 Å². The SMILES string of the molecule is COCCS(=O)(=O)NCCC(N)c1ccccc1. The van der Waals surface area contributed by atoms with E-state index in [0.717, 1.165) is 5.56 Å². The van der Waals surface area contributed by atoms with Gasteiger partial charge < -0.3 is 10.5 Å². The number of nitrogens with two attached hydrogens (primary N) is 1. The molecule has 1 unspecified atom stereocenters. The molecule has 1 atom stereocenters. The Morgan fingerprint density at radius 2 is 2.00 bits per heavy atom. The van der Waals surface area contributed by atoms with Crippen LogP contribution >= 0.6 is 0 Å². The van der Waals surface area contributed by atoms with E-state index >= 15 is 0 Å². The van der Waals surface area contributed by atoms with Crippen LogP contribution in [0, 0.1) is 0 Å². The van der Waals surface area contributed by atoms with Gasteiger partial charge in [0.1, 0.15) is 0 Å². The van der Waals surface area contributed by atoms with Crippen molar-refractivity contribution in [3.05, 3.63) is 35.9 Å². The van der Waals surface area contributed by atoms with Crippen molar-refractivity contribution in [2.75, 3.05) is 26.0 Å². The average molecular weight is 272 g/mol. The van der Waals surface area contributed by atoms with Crippen LogP contribution in [0.15, 0.2) is 30.3 Å². The Morgan fingerprint density at radius 3 is 2.61 bits per heavy atom. The van der Waals surface area contributed by atoms with E-state index in [2.05, 4.69) is 4.72 Å². The van der Waals surface area contributed by atoms with Gasteiger partial charge in [-0.3, -0.25) is 0 Å². The Morgan fingerprint density at radius 1 is 1.33 bits per heavy atom. The summed E-state index contributed by atoms with van der Waals surface area (Å²) in [6.07, 6.45) is 0.566. The molecule has 0 saturated carbocycles. The third kappa shape index (κ3) is 5.59. The highest BCUT2D eigenvalue weighted by atomic mass is 32.2. The maximum atomic E-state index is 11.5. The van der Waals surface area contributed by atoms with Gasteiger partial charge in [-0.2, -0.15) is 0 Å². The monoisotopic (exact) mass is 272 g/mol. The van der Waals surface area contributed by atoms with Gasteiger partial charge in [0, 0.05) is 19.7 Å². The largest absolute Gasteiger partial charge is 0.384 e. The first-order valence-corrected chi connectivity index (χ1v) is 7.47. The molecular weight excluding hydrogens is 252 g/mol. The lowest BCUT2D eigenvalue weighted by Crippen LogP contribution is -2.30. The predicted molar refractivity (Wildman–Crippen MR) is 71.7 cm³/mol. The summed E-state index contributed by atoms with van der Waals surface area (Å²) in [5.74, 6) is -0.0237. The molecule has 0 radical (unpaired) electrons. The third-order valence-electron chi connectivity index (χ3n) is 2.56. The van der Waals surface area contributed by atoms with Gasteiger partial charge in [-0.05, 0) is 12.0 Å². The standard InChI is InChI=1S/C12H20N2O3S/c1-17-9-10-18(15,16)14-8-7-12(13)11-5-3-2-4-6-11/h2-6,12,14H,7-10,13H2,1H3. The molecule has 0 aliphatic rings. The highest BCUT2D eigenvalue weighted by Gasteiger charge is 2.11. The molecule has 102 valence electrons. The summed E-state index contributed by atoms with van der Waals surface area (Å²) in [4.78, 5) is 0. The molecule has 0 amide bonds. The van der Waals surface area contributed by atoms with Crippen molar-refractivity contribution in [3.63, 3.8) is 0 Å². The number of sulfonamides is 1. The smallest absolute Gasteiger partial charge is 0.213 e. The van der Waals surface area contributed by atoms with Crippen LogP contribution < -0.4 is 10.5 Å². The van der Waals surface area contributed by atoms with E-state index in [1.54, 1.807) is 0 Å². The Hall–Kier alpha value is -0.950. The second-order valence-corrected chi connectivity index (χ2v) is 5.94. The first-order chi connectivity index (χ1) is 8.55. The van der Waals surface area contributed by atoms with Crippen LogP contribution in [-0.2, 0) is 14.8 Å². The highest BCUT2D eigenvalue weighted by Crippen LogP contribution is 2.12. The molecule has 6 heteroatoms. The Labute approximate surface area is 108 Å². The van der Waals surface area contributed by atoms with E-state index < -0.39 is 10.0 Å². The molecule has 1 aromatic rings. The maximum absolute atomic E-state index is 11.5. The lowest BCUT2D eigenvalue weighted by molar-refractivity contribution is 0.217. The van der Waals surface area contributed by atoms with Gasteiger partial charge in [0.25, 0.3) is 0 Å². The Kier molecular flexibility index (Phi) is 6.28. The van der Waals surface area contributed by atoms with E-state index in [1.165, 1.54) is 7.11 Å². The summed E-state index contributed by atoms with van der Waals surface area (Å²) in [5.41, 5.74) is 6.97. The third-order valence-corrected chi connectivity index (χ3v) is 3.91. The first kappa shape index (κ1) is 15.1. The molecule has 1 rings (SSSR count). The van der Waals surface area contributed by atoms with Crippen molar-refractivity contribution in [2.45, 2.75) is 12.5 Å². The summed E-state index contributed by atoms with van der Waals surface area (Å²) in [6, 6.07) is 9.46. The highest BCUT2D eigenvalue weighted by molar-refractivity contribution is 7.89. The Balaban J connectivity index is 2.34. The number of rotatable bonds is 8. The minimum absolute atomic E-state index is 0.0237. The zero-order valence-electron chi connectivity index (χ0n) is 10.5. The molecule has 0 heterocycles. The van der Waals surface area contributed by atoms with Crippen molar-refractivity contribution in [1.29, 1.82) is 0 Å². The summed E-state index contributed by atoms with van der Waals surface area (Å²) in [6.45, 7) is 0.530. The van der Waals surface area contributed by atoms with Crippen LogP contribution in [0.1, 0.15) is 18.0 Å². The van der Waals surface area contributed by atoms with Crippen LogP contribution in [0.4, 0.5) is 0 Å². The lowest BCUT2D eigenvalue weighted by atomic mass is 10.1. The zero-order chi connectivity index (χ0) is 13.4. The quantitative estimate of drug-likeness (QED) is 0.728. The van der Waals surface area contributed by atoms with Gasteiger partial charge in [0.2, 0.25) is 10.0 Å². The van der Waals surface area contributed by atoms with E-state index in [-0.39, 0.29) is 18.4 Å². The number of hydrogen-bond donors (Lipinski definition) is 2.